The van der Waals surface area contributed by atoms with Crippen molar-refractivity contribution in [1.29, 1.82) is 0 Å². The molecule has 0 amide bonds. The van der Waals surface area contributed by atoms with Gasteiger partial charge < -0.3 is 33.8 Å². The molecular weight excluding hydrogens is 1270 g/mol. The molecular formula is C78H148O17P2. The first kappa shape index (κ1) is 94.5. The van der Waals surface area contributed by atoms with Crippen LogP contribution in [0.1, 0.15) is 394 Å². The molecule has 0 fully saturated rings. The highest BCUT2D eigenvalue weighted by atomic mass is 31.2. The normalized spacial score (nSPS) is 14.0. The third-order valence-electron chi connectivity index (χ3n) is 17.7. The second kappa shape index (κ2) is 71.9. The van der Waals surface area contributed by atoms with Gasteiger partial charge in [-0.25, -0.2) is 9.13 Å². The molecule has 0 aliphatic heterocycles. The van der Waals surface area contributed by atoms with Gasteiger partial charge in [0, 0.05) is 25.7 Å². The summed E-state index contributed by atoms with van der Waals surface area (Å²) in [5.41, 5.74) is 0. The van der Waals surface area contributed by atoms with Gasteiger partial charge in [-0.05, 0) is 51.4 Å². The summed E-state index contributed by atoms with van der Waals surface area (Å²) in [6.07, 6.45) is 66.0. The molecule has 0 bridgehead atoms. The van der Waals surface area contributed by atoms with Crippen molar-refractivity contribution in [2.75, 3.05) is 39.6 Å². The topological polar surface area (TPSA) is 237 Å². The molecule has 0 rings (SSSR count). The van der Waals surface area contributed by atoms with Crippen molar-refractivity contribution in [2.45, 2.75) is 412 Å². The van der Waals surface area contributed by atoms with Crippen molar-refractivity contribution in [3.8, 4) is 0 Å². The molecule has 0 aromatic rings. The number of carbonyl (C=O) groups excluding carboxylic acids is 4. The number of allylic oxidation sites excluding steroid dienone is 4. The van der Waals surface area contributed by atoms with Crippen LogP contribution in [0.4, 0.5) is 0 Å². The summed E-state index contributed by atoms with van der Waals surface area (Å²) >= 11 is 0. The summed E-state index contributed by atoms with van der Waals surface area (Å²) in [6, 6.07) is 0. The van der Waals surface area contributed by atoms with Gasteiger partial charge >= 0.3 is 39.5 Å². The minimum Gasteiger partial charge on any atom is -0.462 e. The first-order valence-corrected chi connectivity index (χ1v) is 43.1. The summed E-state index contributed by atoms with van der Waals surface area (Å²) in [7, 11) is -9.92. The number of carbonyl (C=O) groups is 4. The number of aliphatic hydroxyl groups is 1. The van der Waals surface area contributed by atoms with E-state index in [-0.39, 0.29) is 25.7 Å². The molecule has 0 radical (unpaired) electrons. The average Bonchev–Trinajstić information content (AvgIpc) is 3.49. The van der Waals surface area contributed by atoms with Gasteiger partial charge in [-0.1, -0.05) is 341 Å². The first-order chi connectivity index (χ1) is 47.2. The molecule has 3 N–H and O–H groups in total. The van der Waals surface area contributed by atoms with Crippen LogP contribution in [0.2, 0.25) is 0 Å². The molecule has 97 heavy (non-hydrogen) atoms. The van der Waals surface area contributed by atoms with Gasteiger partial charge in [0.05, 0.1) is 26.4 Å². The van der Waals surface area contributed by atoms with Crippen LogP contribution >= 0.6 is 15.6 Å². The van der Waals surface area contributed by atoms with Gasteiger partial charge in [-0.3, -0.25) is 37.3 Å². The van der Waals surface area contributed by atoms with E-state index in [1.165, 1.54) is 205 Å². The Labute approximate surface area is 592 Å². The van der Waals surface area contributed by atoms with E-state index in [1.54, 1.807) is 0 Å². The Morgan fingerprint density at radius 2 is 0.495 bits per heavy atom. The lowest BCUT2D eigenvalue weighted by Gasteiger charge is -2.21. The number of unbranched alkanes of at least 4 members (excludes halogenated alkanes) is 48. The van der Waals surface area contributed by atoms with Crippen molar-refractivity contribution >= 4 is 39.5 Å². The van der Waals surface area contributed by atoms with Crippen molar-refractivity contribution in [2.24, 2.45) is 0 Å². The summed E-state index contributed by atoms with van der Waals surface area (Å²) in [5, 5.41) is 10.6. The summed E-state index contributed by atoms with van der Waals surface area (Å²) in [5.74, 6) is -2.14. The van der Waals surface area contributed by atoms with Crippen molar-refractivity contribution < 1.29 is 80.2 Å². The second-order valence-electron chi connectivity index (χ2n) is 27.4. The van der Waals surface area contributed by atoms with E-state index < -0.39 is 97.5 Å². The predicted molar refractivity (Wildman–Crippen MR) is 395 cm³/mol. The Hall–Kier alpha value is -2.46. The number of phosphoric acid groups is 2. The number of hydrogen-bond donors (Lipinski definition) is 3. The van der Waals surface area contributed by atoms with Gasteiger partial charge in [0.1, 0.15) is 19.3 Å². The molecule has 0 aliphatic rings. The van der Waals surface area contributed by atoms with Crippen molar-refractivity contribution in [1.82, 2.24) is 0 Å². The van der Waals surface area contributed by atoms with E-state index in [4.69, 9.17) is 37.0 Å². The van der Waals surface area contributed by atoms with Crippen LogP contribution in [0.25, 0.3) is 0 Å². The molecule has 2 unspecified atom stereocenters. The molecule has 0 aromatic carbocycles. The van der Waals surface area contributed by atoms with Gasteiger partial charge in [0.15, 0.2) is 12.2 Å². The minimum absolute atomic E-state index is 0.102. The van der Waals surface area contributed by atoms with Gasteiger partial charge in [0.2, 0.25) is 0 Å². The smallest absolute Gasteiger partial charge is 0.462 e. The fourth-order valence-corrected chi connectivity index (χ4v) is 13.1. The van der Waals surface area contributed by atoms with Crippen LogP contribution in [0.5, 0.6) is 0 Å². The highest BCUT2D eigenvalue weighted by Crippen LogP contribution is 2.45. The SMILES string of the molecule is CCCCCC/C=C\C=C/CCCCCCCC(=O)OC[C@H](COP(=O)(O)OC[C@@H](O)COP(=O)(O)OC[C@@H](COC(=O)CCCCCCCCCCCCC)OC(=O)CCCCCCCCCCCCC)OC(=O)CCCCCCCCCCCCCCCCCCCCCC. The maximum absolute atomic E-state index is 13.1. The lowest BCUT2D eigenvalue weighted by molar-refractivity contribution is -0.161. The highest BCUT2D eigenvalue weighted by molar-refractivity contribution is 7.47. The predicted octanol–water partition coefficient (Wildman–Crippen LogP) is 23.0. The zero-order valence-electron chi connectivity index (χ0n) is 62.5. The average molecular weight is 1420 g/mol. The fraction of sp³-hybridized carbons (Fsp3) is 0.897. The van der Waals surface area contributed by atoms with Crippen LogP contribution < -0.4 is 0 Å². The van der Waals surface area contributed by atoms with Gasteiger partial charge in [0.25, 0.3) is 0 Å². The van der Waals surface area contributed by atoms with Crippen molar-refractivity contribution in [3.05, 3.63) is 24.3 Å². The Bertz CT molecular complexity index is 1940. The third-order valence-corrected chi connectivity index (χ3v) is 19.6. The largest absolute Gasteiger partial charge is 0.472 e. The summed E-state index contributed by atoms with van der Waals surface area (Å²) < 4.78 is 68.5. The van der Waals surface area contributed by atoms with Crippen LogP contribution in [-0.2, 0) is 65.4 Å². The number of phosphoric ester groups is 2. The molecule has 17 nitrogen and oxygen atoms in total. The number of esters is 4. The Balaban J connectivity index is 5.25. The maximum atomic E-state index is 13.1. The molecule has 572 valence electrons. The van der Waals surface area contributed by atoms with E-state index in [2.05, 4.69) is 52.0 Å². The monoisotopic (exact) mass is 1420 g/mol. The van der Waals surface area contributed by atoms with Crippen LogP contribution in [0.3, 0.4) is 0 Å². The third kappa shape index (κ3) is 71.7. The van der Waals surface area contributed by atoms with Crippen LogP contribution in [0, 0.1) is 0 Å². The molecule has 0 saturated heterocycles. The molecule has 0 aromatic heterocycles. The Morgan fingerprint density at radius 1 is 0.289 bits per heavy atom. The van der Waals surface area contributed by atoms with E-state index in [1.807, 2.05) is 0 Å². The molecule has 0 saturated carbocycles. The quantitative estimate of drug-likeness (QED) is 0.0169. The fourth-order valence-electron chi connectivity index (χ4n) is 11.6. The summed E-state index contributed by atoms with van der Waals surface area (Å²) in [6.45, 7) is 4.93. The van der Waals surface area contributed by atoms with Gasteiger partial charge in [-0.2, -0.15) is 0 Å². The first-order valence-electron chi connectivity index (χ1n) is 40.1. The summed E-state index contributed by atoms with van der Waals surface area (Å²) in [4.78, 5) is 72.8. The van der Waals surface area contributed by atoms with Crippen LogP contribution in [-0.4, -0.2) is 96.7 Å². The lowest BCUT2D eigenvalue weighted by atomic mass is 10.0. The van der Waals surface area contributed by atoms with E-state index >= 15 is 0 Å². The molecule has 5 atom stereocenters. The lowest BCUT2D eigenvalue weighted by Crippen LogP contribution is -2.30. The molecule has 0 aliphatic carbocycles. The molecule has 19 heteroatoms. The number of rotatable bonds is 77. The standard InChI is InChI=1S/C78H148O17P2/c1-5-9-13-17-21-25-29-31-33-34-35-36-37-39-41-45-49-53-57-61-65-78(83)95-74(69-89-76(81)63-59-55-51-47-44-40-38-32-30-26-22-18-14-10-6-2)71-93-97(86,87)91-67-72(79)66-90-96(84,85)92-70-73(94-77(82)64-60-56-52-48-43-28-24-20-16-12-8-4)68-88-75(80)62-58-54-50-46-42-27-23-19-15-11-7-3/h26,30,32,38,72-74,79H,5-25,27-29,31,33-37,39-71H2,1-4H3,(H,84,85)(H,86,87)/b30-26-,38-32-/t72-,73+,74+/m0/s1. The molecule has 0 heterocycles. The second-order valence-corrected chi connectivity index (χ2v) is 30.3. The van der Waals surface area contributed by atoms with Crippen molar-refractivity contribution in [3.63, 3.8) is 0 Å². The number of ether oxygens (including phenoxy) is 4. The van der Waals surface area contributed by atoms with E-state index in [9.17, 15) is 43.2 Å². The minimum atomic E-state index is -4.97. The maximum Gasteiger partial charge on any atom is 0.472 e. The van der Waals surface area contributed by atoms with E-state index in [0.717, 1.165) is 109 Å². The number of hydrogen-bond acceptors (Lipinski definition) is 15. The zero-order chi connectivity index (χ0) is 71.1. The number of aliphatic hydroxyl groups excluding tert-OH is 1. The van der Waals surface area contributed by atoms with E-state index in [0.29, 0.717) is 25.7 Å². The van der Waals surface area contributed by atoms with Gasteiger partial charge in [-0.15, -0.1) is 0 Å². The zero-order valence-corrected chi connectivity index (χ0v) is 64.3. The molecule has 0 spiro atoms. The Kier molecular flexibility index (Phi) is 70.1. The highest BCUT2D eigenvalue weighted by Gasteiger charge is 2.30. The van der Waals surface area contributed by atoms with Crippen LogP contribution in [0.15, 0.2) is 24.3 Å². The Morgan fingerprint density at radius 3 is 0.753 bits per heavy atom.